The third kappa shape index (κ3) is 4.41. The Kier molecular flexibility index (Phi) is 5.40. The molecule has 23 heavy (non-hydrogen) atoms. The van der Waals surface area contributed by atoms with E-state index in [-0.39, 0.29) is 18.1 Å². The van der Waals surface area contributed by atoms with E-state index < -0.39 is 0 Å². The Morgan fingerprint density at radius 2 is 1.78 bits per heavy atom. The Labute approximate surface area is 136 Å². The normalized spacial score (nSPS) is 20.9. The van der Waals surface area contributed by atoms with Crippen LogP contribution in [0.15, 0.2) is 60.7 Å². The molecule has 1 saturated heterocycles. The summed E-state index contributed by atoms with van der Waals surface area (Å²) < 4.78 is 6.04. The Morgan fingerprint density at radius 3 is 2.52 bits per heavy atom. The van der Waals surface area contributed by atoms with Crippen LogP contribution in [0.25, 0.3) is 0 Å². The summed E-state index contributed by atoms with van der Waals surface area (Å²) in [7, 11) is 0. The Bertz CT molecular complexity index is 616. The number of hydrogen-bond donors (Lipinski definition) is 2. The molecule has 2 atom stereocenters. The van der Waals surface area contributed by atoms with Gasteiger partial charge in [0.25, 0.3) is 5.91 Å². The summed E-state index contributed by atoms with van der Waals surface area (Å²) in [4.78, 5) is 12.3. The molecule has 2 aromatic carbocycles. The molecule has 0 unspecified atom stereocenters. The Balaban J connectivity index is 1.59. The lowest BCUT2D eigenvalue weighted by atomic mass is 10.0. The van der Waals surface area contributed by atoms with Gasteiger partial charge in [-0.15, -0.1) is 0 Å². The van der Waals surface area contributed by atoms with Gasteiger partial charge >= 0.3 is 0 Å². The monoisotopic (exact) mass is 310 g/mol. The highest BCUT2D eigenvalue weighted by molar-refractivity contribution is 5.94. The average Bonchev–Trinajstić information content (AvgIpc) is 2.62. The second kappa shape index (κ2) is 7.90. The number of hydrogen-bond acceptors (Lipinski definition) is 3. The maximum Gasteiger partial charge on any atom is 0.251 e. The lowest BCUT2D eigenvalue weighted by molar-refractivity contribution is 0.00362. The van der Waals surface area contributed by atoms with E-state index in [1.54, 1.807) is 0 Å². The first-order chi connectivity index (χ1) is 11.3. The van der Waals surface area contributed by atoms with E-state index in [9.17, 15) is 4.79 Å². The van der Waals surface area contributed by atoms with Gasteiger partial charge in [0.2, 0.25) is 0 Å². The molecule has 1 heterocycles. The molecule has 0 aliphatic carbocycles. The number of piperidine rings is 1. The standard InChI is InChI=1S/C19H22N2O2/c22-19(16-9-5-2-6-10-16)21-17-11-12-20-13-18(17)23-14-15-7-3-1-4-8-15/h1-10,17-18,20H,11-14H2,(H,21,22)/t17-,18+/m0/s1. The molecule has 1 amide bonds. The summed E-state index contributed by atoms with van der Waals surface area (Å²) in [5, 5.41) is 6.46. The van der Waals surface area contributed by atoms with Crippen LogP contribution < -0.4 is 10.6 Å². The zero-order valence-corrected chi connectivity index (χ0v) is 13.1. The van der Waals surface area contributed by atoms with Crippen LogP contribution in [0.1, 0.15) is 22.3 Å². The van der Waals surface area contributed by atoms with Crippen LogP contribution in [0.5, 0.6) is 0 Å². The first kappa shape index (κ1) is 15.7. The van der Waals surface area contributed by atoms with Gasteiger partial charge in [-0.05, 0) is 30.7 Å². The summed E-state index contributed by atoms with van der Waals surface area (Å²) in [6.45, 7) is 2.21. The molecule has 3 rings (SSSR count). The molecule has 0 spiro atoms. The lowest BCUT2D eigenvalue weighted by Crippen LogP contribution is -2.53. The highest BCUT2D eigenvalue weighted by Crippen LogP contribution is 2.12. The van der Waals surface area contributed by atoms with Crippen molar-refractivity contribution in [2.75, 3.05) is 13.1 Å². The highest BCUT2D eigenvalue weighted by Gasteiger charge is 2.27. The summed E-state index contributed by atoms with van der Waals surface area (Å²) in [6, 6.07) is 19.5. The van der Waals surface area contributed by atoms with Crippen LogP contribution in [-0.4, -0.2) is 31.1 Å². The molecular weight excluding hydrogens is 288 g/mol. The molecule has 0 aromatic heterocycles. The summed E-state index contributed by atoms with van der Waals surface area (Å²) in [5.74, 6) is -0.0363. The summed E-state index contributed by atoms with van der Waals surface area (Å²) in [6.07, 6.45) is 0.856. The molecular formula is C19H22N2O2. The third-order valence-electron chi connectivity index (χ3n) is 4.09. The third-order valence-corrected chi connectivity index (χ3v) is 4.09. The largest absolute Gasteiger partial charge is 0.370 e. The van der Waals surface area contributed by atoms with Gasteiger partial charge in [0, 0.05) is 12.1 Å². The smallest absolute Gasteiger partial charge is 0.251 e. The minimum Gasteiger partial charge on any atom is -0.370 e. The van der Waals surface area contributed by atoms with Gasteiger partial charge in [-0.2, -0.15) is 0 Å². The number of benzene rings is 2. The van der Waals surface area contributed by atoms with Crippen molar-refractivity contribution < 1.29 is 9.53 Å². The quantitative estimate of drug-likeness (QED) is 0.891. The van der Waals surface area contributed by atoms with Crippen molar-refractivity contribution in [1.29, 1.82) is 0 Å². The number of nitrogens with one attached hydrogen (secondary N) is 2. The maximum atomic E-state index is 12.3. The van der Waals surface area contributed by atoms with E-state index in [0.29, 0.717) is 12.2 Å². The van der Waals surface area contributed by atoms with Gasteiger partial charge in [0.05, 0.1) is 18.8 Å². The lowest BCUT2D eigenvalue weighted by Gasteiger charge is -2.32. The van der Waals surface area contributed by atoms with Crippen molar-refractivity contribution in [1.82, 2.24) is 10.6 Å². The van der Waals surface area contributed by atoms with Crippen LogP contribution in [0, 0.1) is 0 Å². The van der Waals surface area contributed by atoms with E-state index in [4.69, 9.17) is 4.74 Å². The van der Waals surface area contributed by atoms with Crippen molar-refractivity contribution in [3.05, 3.63) is 71.8 Å². The zero-order chi connectivity index (χ0) is 15.9. The molecule has 0 bridgehead atoms. The number of rotatable bonds is 5. The first-order valence-electron chi connectivity index (χ1n) is 8.05. The molecule has 4 heteroatoms. The number of ether oxygens (including phenoxy) is 1. The predicted octanol–water partition coefficient (Wildman–Crippen LogP) is 2.36. The Hall–Kier alpha value is -2.17. The van der Waals surface area contributed by atoms with Crippen molar-refractivity contribution in [2.24, 2.45) is 0 Å². The van der Waals surface area contributed by atoms with Crippen molar-refractivity contribution in [3.63, 3.8) is 0 Å². The molecule has 2 N–H and O–H groups in total. The summed E-state index contributed by atoms with van der Waals surface area (Å²) >= 11 is 0. The molecule has 1 fully saturated rings. The van der Waals surface area contributed by atoms with Crippen LogP contribution >= 0.6 is 0 Å². The molecule has 120 valence electrons. The summed E-state index contributed by atoms with van der Waals surface area (Å²) in [5.41, 5.74) is 1.83. The molecule has 1 aliphatic heterocycles. The zero-order valence-electron chi connectivity index (χ0n) is 13.1. The van der Waals surface area contributed by atoms with Crippen molar-refractivity contribution >= 4 is 5.91 Å². The minimum atomic E-state index is -0.0363. The van der Waals surface area contributed by atoms with Crippen molar-refractivity contribution in [3.8, 4) is 0 Å². The van der Waals surface area contributed by atoms with E-state index in [0.717, 1.165) is 25.1 Å². The molecule has 1 aliphatic rings. The fourth-order valence-electron chi connectivity index (χ4n) is 2.79. The maximum absolute atomic E-state index is 12.3. The Morgan fingerprint density at radius 1 is 1.09 bits per heavy atom. The minimum absolute atomic E-state index is 0.0170. The van der Waals surface area contributed by atoms with Gasteiger partial charge in [-0.25, -0.2) is 0 Å². The van der Waals surface area contributed by atoms with Crippen LogP contribution in [-0.2, 0) is 11.3 Å². The van der Waals surface area contributed by atoms with Gasteiger partial charge in [-0.3, -0.25) is 4.79 Å². The molecule has 0 saturated carbocycles. The average molecular weight is 310 g/mol. The second-order valence-electron chi connectivity index (χ2n) is 5.77. The van der Waals surface area contributed by atoms with E-state index in [1.807, 2.05) is 60.7 Å². The van der Waals surface area contributed by atoms with Gasteiger partial charge < -0.3 is 15.4 Å². The number of carbonyl (C=O) groups excluding carboxylic acids is 1. The SMILES string of the molecule is O=C(N[C@H]1CCNC[C@H]1OCc1ccccc1)c1ccccc1. The topological polar surface area (TPSA) is 50.4 Å². The molecule has 0 radical (unpaired) electrons. The van der Waals surface area contributed by atoms with Crippen molar-refractivity contribution in [2.45, 2.75) is 25.2 Å². The van der Waals surface area contributed by atoms with E-state index >= 15 is 0 Å². The van der Waals surface area contributed by atoms with Gasteiger partial charge in [0.15, 0.2) is 0 Å². The highest BCUT2D eigenvalue weighted by atomic mass is 16.5. The number of amides is 1. The van der Waals surface area contributed by atoms with Gasteiger partial charge in [0.1, 0.15) is 0 Å². The molecule has 2 aromatic rings. The molecule has 4 nitrogen and oxygen atoms in total. The van der Waals surface area contributed by atoms with E-state index in [1.165, 1.54) is 0 Å². The predicted molar refractivity (Wildman–Crippen MR) is 90.2 cm³/mol. The second-order valence-corrected chi connectivity index (χ2v) is 5.77. The fraction of sp³-hybridized carbons (Fsp3) is 0.316. The van der Waals surface area contributed by atoms with E-state index in [2.05, 4.69) is 10.6 Å². The van der Waals surface area contributed by atoms with Gasteiger partial charge in [-0.1, -0.05) is 48.5 Å². The van der Waals surface area contributed by atoms with Crippen LogP contribution in [0.3, 0.4) is 0 Å². The fourth-order valence-corrected chi connectivity index (χ4v) is 2.79. The number of carbonyl (C=O) groups is 1. The first-order valence-corrected chi connectivity index (χ1v) is 8.05. The van der Waals surface area contributed by atoms with Crippen LogP contribution in [0.2, 0.25) is 0 Å². The van der Waals surface area contributed by atoms with Crippen LogP contribution in [0.4, 0.5) is 0 Å².